The molecule has 0 saturated heterocycles. The molecule has 0 aliphatic rings. The maximum atomic E-state index is 11.7. The van der Waals surface area contributed by atoms with Crippen LogP contribution in [0.15, 0.2) is 41.8 Å². The standard InChI is InChI=1S/C11H16N2O3S/c1-2-8-13-17(14,15)11-5-3-10(4-6-11)7-9-16-12/h2-6,13H,1,7-9,12H2. The molecule has 0 heterocycles. The third-order valence-electron chi connectivity index (χ3n) is 2.16. The van der Waals surface area contributed by atoms with Gasteiger partial charge in [0.1, 0.15) is 0 Å². The molecule has 6 heteroatoms. The van der Waals surface area contributed by atoms with E-state index in [1.54, 1.807) is 24.3 Å². The molecule has 0 bridgehead atoms. The number of hydrogen-bond donors (Lipinski definition) is 2. The lowest BCUT2D eigenvalue weighted by Crippen LogP contribution is -2.23. The average Bonchev–Trinajstić information content (AvgIpc) is 2.34. The maximum absolute atomic E-state index is 11.7. The van der Waals surface area contributed by atoms with Crippen LogP contribution in [0.1, 0.15) is 5.56 Å². The van der Waals surface area contributed by atoms with Crippen LogP contribution in [0.2, 0.25) is 0 Å². The van der Waals surface area contributed by atoms with Gasteiger partial charge in [0.2, 0.25) is 10.0 Å². The molecule has 0 aliphatic heterocycles. The summed E-state index contributed by atoms with van der Waals surface area (Å²) in [5.74, 6) is 4.92. The second kappa shape index (κ2) is 6.51. The quantitative estimate of drug-likeness (QED) is 0.552. The first-order valence-electron chi connectivity index (χ1n) is 5.11. The van der Waals surface area contributed by atoms with E-state index >= 15 is 0 Å². The Morgan fingerprint density at radius 2 is 2.00 bits per heavy atom. The van der Waals surface area contributed by atoms with Crippen molar-refractivity contribution in [3.8, 4) is 0 Å². The van der Waals surface area contributed by atoms with E-state index in [4.69, 9.17) is 5.90 Å². The summed E-state index contributed by atoms with van der Waals surface area (Å²) < 4.78 is 25.8. The van der Waals surface area contributed by atoms with Gasteiger partial charge in [-0.2, -0.15) is 0 Å². The van der Waals surface area contributed by atoms with Crippen LogP contribution in [-0.4, -0.2) is 21.6 Å². The first-order chi connectivity index (χ1) is 8.10. The Hall–Kier alpha value is -1.21. The van der Waals surface area contributed by atoms with Crippen LogP contribution >= 0.6 is 0 Å². The second-order valence-corrected chi connectivity index (χ2v) is 5.17. The van der Waals surface area contributed by atoms with Crippen molar-refractivity contribution in [1.82, 2.24) is 4.72 Å². The Labute approximate surface area is 101 Å². The van der Waals surface area contributed by atoms with E-state index in [1.807, 2.05) is 0 Å². The lowest BCUT2D eigenvalue weighted by Gasteiger charge is -2.05. The summed E-state index contributed by atoms with van der Waals surface area (Å²) in [6.45, 7) is 4.07. The van der Waals surface area contributed by atoms with Crippen molar-refractivity contribution in [3.63, 3.8) is 0 Å². The zero-order chi connectivity index (χ0) is 12.7. The van der Waals surface area contributed by atoms with Crippen molar-refractivity contribution in [3.05, 3.63) is 42.5 Å². The van der Waals surface area contributed by atoms with Crippen molar-refractivity contribution in [2.75, 3.05) is 13.2 Å². The molecular formula is C11H16N2O3S. The lowest BCUT2D eigenvalue weighted by atomic mass is 10.2. The van der Waals surface area contributed by atoms with E-state index in [0.29, 0.717) is 13.0 Å². The summed E-state index contributed by atoms with van der Waals surface area (Å²) in [7, 11) is -3.44. The van der Waals surface area contributed by atoms with E-state index in [2.05, 4.69) is 16.1 Å². The highest BCUT2D eigenvalue weighted by Gasteiger charge is 2.11. The number of nitrogens with two attached hydrogens (primary N) is 1. The lowest BCUT2D eigenvalue weighted by molar-refractivity contribution is 0.141. The predicted octanol–water partition coefficient (Wildman–Crippen LogP) is 0.584. The normalized spacial score (nSPS) is 11.4. The minimum absolute atomic E-state index is 0.213. The minimum Gasteiger partial charge on any atom is -0.304 e. The smallest absolute Gasteiger partial charge is 0.240 e. The molecule has 0 fully saturated rings. The van der Waals surface area contributed by atoms with E-state index in [-0.39, 0.29) is 11.4 Å². The molecular weight excluding hydrogens is 240 g/mol. The largest absolute Gasteiger partial charge is 0.304 e. The summed E-state index contributed by atoms with van der Waals surface area (Å²) in [6, 6.07) is 6.58. The minimum atomic E-state index is -3.44. The van der Waals surface area contributed by atoms with Gasteiger partial charge in [0, 0.05) is 6.54 Å². The molecule has 0 saturated carbocycles. The summed E-state index contributed by atoms with van der Waals surface area (Å²) in [5.41, 5.74) is 0.970. The fraction of sp³-hybridized carbons (Fsp3) is 0.273. The molecule has 3 N–H and O–H groups in total. The van der Waals surface area contributed by atoms with Crippen LogP contribution in [0.25, 0.3) is 0 Å². The van der Waals surface area contributed by atoms with Gasteiger partial charge in [0.05, 0.1) is 11.5 Å². The van der Waals surface area contributed by atoms with Crippen molar-refractivity contribution < 1.29 is 13.3 Å². The van der Waals surface area contributed by atoms with Crippen LogP contribution < -0.4 is 10.6 Å². The summed E-state index contributed by atoms with van der Waals surface area (Å²) in [5, 5.41) is 0. The molecule has 5 nitrogen and oxygen atoms in total. The van der Waals surface area contributed by atoms with Crippen molar-refractivity contribution in [2.24, 2.45) is 5.90 Å². The molecule has 0 amide bonds. The number of sulfonamides is 1. The molecule has 1 aromatic carbocycles. The summed E-state index contributed by atoms with van der Waals surface area (Å²) >= 11 is 0. The Morgan fingerprint density at radius 1 is 1.35 bits per heavy atom. The number of nitrogens with one attached hydrogen (secondary N) is 1. The van der Waals surface area contributed by atoms with E-state index in [0.717, 1.165) is 5.56 Å². The molecule has 0 atom stereocenters. The SMILES string of the molecule is C=CCNS(=O)(=O)c1ccc(CCON)cc1. The summed E-state index contributed by atoms with van der Waals surface area (Å²) in [6.07, 6.45) is 2.14. The van der Waals surface area contributed by atoms with Gasteiger partial charge >= 0.3 is 0 Å². The number of benzene rings is 1. The number of rotatable bonds is 7. The molecule has 0 aromatic heterocycles. The van der Waals surface area contributed by atoms with Crippen molar-refractivity contribution >= 4 is 10.0 Å². The topological polar surface area (TPSA) is 81.4 Å². The molecule has 17 heavy (non-hydrogen) atoms. The van der Waals surface area contributed by atoms with Gasteiger partial charge in [-0.15, -0.1) is 6.58 Å². The van der Waals surface area contributed by atoms with Crippen LogP contribution in [0.3, 0.4) is 0 Å². The van der Waals surface area contributed by atoms with E-state index in [1.165, 1.54) is 6.08 Å². The molecule has 0 aliphatic carbocycles. The number of hydrogen-bond acceptors (Lipinski definition) is 4. The van der Waals surface area contributed by atoms with Crippen LogP contribution in [0.4, 0.5) is 0 Å². The van der Waals surface area contributed by atoms with Crippen LogP contribution in [0.5, 0.6) is 0 Å². The predicted molar refractivity (Wildman–Crippen MR) is 65.7 cm³/mol. The highest BCUT2D eigenvalue weighted by molar-refractivity contribution is 7.89. The first kappa shape index (κ1) is 13.9. The first-order valence-corrected chi connectivity index (χ1v) is 6.59. The van der Waals surface area contributed by atoms with E-state index in [9.17, 15) is 8.42 Å². The van der Waals surface area contributed by atoms with Gasteiger partial charge < -0.3 is 4.84 Å². The molecule has 94 valence electrons. The monoisotopic (exact) mass is 256 g/mol. The highest BCUT2D eigenvalue weighted by atomic mass is 32.2. The van der Waals surface area contributed by atoms with Gasteiger partial charge in [-0.3, -0.25) is 0 Å². The summed E-state index contributed by atoms with van der Waals surface area (Å²) in [4.78, 5) is 4.69. The molecule has 1 aromatic rings. The molecule has 0 unspecified atom stereocenters. The van der Waals surface area contributed by atoms with Gasteiger partial charge in [0.25, 0.3) is 0 Å². The Balaban J connectivity index is 2.76. The molecule has 0 radical (unpaired) electrons. The Bertz CT molecular complexity index is 454. The average molecular weight is 256 g/mol. The third kappa shape index (κ3) is 4.27. The molecule has 1 rings (SSSR count). The van der Waals surface area contributed by atoms with Gasteiger partial charge in [-0.25, -0.2) is 19.0 Å². The Kier molecular flexibility index (Phi) is 5.30. The molecule has 0 spiro atoms. The fourth-order valence-corrected chi connectivity index (χ4v) is 2.26. The fourth-order valence-electron chi connectivity index (χ4n) is 1.26. The van der Waals surface area contributed by atoms with Crippen LogP contribution in [0, 0.1) is 0 Å². The van der Waals surface area contributed by atoms with Crippen molar-refractivity contribution in [2.45, 2.75) is 11.3 Å². The maximum Gasteiger partial charge on any atom is 0.240 e. The van der Waals surface area contributed by atoms with Crippen molar-refractivity contribution in [1.29, 1.82) is 0 Å². The third-order valence-corrected chi connectivity index (χ3v) is 3.60. The van der Waals surface area contributed by atoms with Gasteiger partial charge in [-0.05, 0) is 24.1 Å². The highest BCUT2D eigenvalue weighted by Crippen LogP contribution is 2.10. The van der Waals surface area contributed by atoms with Gasteiger partial charge in [0.15, 0.2) is 0 Å². The van der Waals surface area contributed by atoms with Crippen LogP contribution in [-0.2, 0) is 21.3 Å². The van der Waals surface area contributed by atoms with Gasteiger partial charge in [-0.1, -0.05) is 18.2 Å². The van der Waals surface area contributed by atoms with E-state index < -0.39 is 10.0 Å². The zero-order valence-electron chi connectivity index (χ0n) is 9.43. The zero-order valence-corrected chi connectivity index (χ0v) is 10.2. The Morgan fingerprint density at radius 3 is 2.53 bits per heavy atom. The second-order valence-electron chi connectivity index (χ2n) is 3.41.